The lowest BCUT2D eigenvalue weighted by Crippen LogP contribution is -2.22. The van der Waals surface area contributed by atoms with Gasteiger partial charge in [0.1, 0.15) is 5.82 Å². The van der Waals surface area contributed by atoms with E-state index < -0.39 is 0 Å². The van der Waals surface area contributed by atoms with E-state index >= 15 is 0 Å². The fourth-order valence-corrected chi connectivity index (χ4v) is 2.68. The Labute approximate surface area is 131 Å². The van der Waals surface area contributed by atoms with Crippen LogP contribution in [0.1, 0.15) is 43.0 Å². The maximum Gasteiger partial charge on any atom is 0.141 e. The largest absolute Gasteiger partial charge is 0.307 e. The molecule has 0 bridgehead atoms. The van der Waals surface area contributed by atoms with Crippen LogP contribution in [0.4, 0.5) is 4.39 Å². The molecule has 0 heterocycles. The van der Waals surface area contributed by atoms with E-state index in [4.69, 9.17) is 11.6 Å². The van der Waals surface area contributed by atoms with Crippen molar-refractivity contribution in [1.82, 2.24) is 5.32 Å². The Hall–Kier alpha value is -1.38. The molecule has 0 saturated carbocycles. The van der Waals surface area contributed by atoms with Gasteiger partial charge in [0.15, 0.2) is 0 Å². The summed E-state index contributed by atoms with van der Waals surface area (Å²) in [7, 11) is 0. The van der Waals surface area contributed by atoms with E-state index in [0.717, 1.165) is 24.9 Å². The van der Waals surface area contributed by atoms with E-state index in [-0.39, 0.29) is 16.9 Å². The zero-order valence-electron chi connectivity index (χ0n) is 12.5. The summed E-state index contributed by atoms with van der Waals surface area (Å²) in [6.45, 7) is 5.07. The van der Waals surface area contributed by atoms with Gasteiger partial charge in [-0.05, 0) is 41.8 Å². The maximum absolute atomic E-state index is 13.3. The van der Waals surface area contributed by atoms with Gasteiger partial charge in [-0.3, -0.25) is 0 Å². The van der Waals surface area contributed by atoms with Crippen LogP contribution in [0.25, 0.3) is 0 Å². The van der Waals surface area contributed by atoms with Gasteiger partial charge in [-0.2, -0.15) is 0 Å². The third kappa shape index (κ3) is 4.05. The van der Waals surface area contributed by atoms with Crippen LogP contribution in [-0.4, -0.2) is 6.54 Å². The van der Waals surface area contributed by atoms with Crippen molar-refractivity contribution in [3.05, 3.63) is 70.0 Å². The number of halogens is 2. The highest BCUT2D eigenvalue weighted by atomic mass is 35.5. The van der Waals surface area contributed by atoms with Gasteiger partial charge in [0.2, 0.25) is 0 Å². The SMILES string of the molecule is CCCc1ccc(C(NCC)c2ccc(F)c(Cl)c2)cc1. The molecule has 0 aliphatic rings. The third-order valence-electron chi connectivity index (χ3n) is 3.54. The Morgan fingerprint density at radius 2 is 1.71 bits per heavy atom. The zero-order chi connectivity index (χ0) is 15.2. The first-order chi connectivity index (χ1) is 10.2. The molecule has 2 aromatic carbocycles. The van der Waals surface area contributed by atoms with Crippen molar-refractivity contribution in [1.29, 1.82) is 0 Å². The molecule has 0 aliphatic carbocycles. The molecule has 1 nitrogen and oxygen atoms in total. The predicted molar refractivity (Wildman–Crippen MR) is 87.4 cm³/mol. The van der Waals surface area contributed by atoms with Crippen LogP contribution in [-0.2, 0) is 6.42 Å². The highest BCUT2D eigenvalue weighted by molar-refractivity contribution is 6.30. The van der Waals surface area contributed by atoms with Crippen LogP contribution in [0, 0.1) is 5.82 Å². The van der Waals surface area contributed by atoms with E-state index in [9.17, 15) is 4.39 Å². The van der Waals surface area contributed by atoms with Crippen LogP contribution in [0.2, 0.25) is 5.02 Å². The predicted octanol–water partition coefficient (Wildman–Crippen LogP) is 5.13. The molecule has 0 aliphatic heterocycles. The van der Waals surface area contributed by atoms with Gasteiger partial charge >= 0.3 is 0 Å². The van der Waals surface area contributed by atoms with Crippen molar-refractivity contribution in [3.8, 4) is 0 Å². The fourth-order valence-electron chi connectivity index (χ4n) is 2.49. The highest BCUT2D eigenvalue weighted by Gasteiger charge is 2.14. The quantitative estimate of drug-likeness (QED) is 0.780. The molecule has 3 heteroatoms. The zero-order valence-corrected chi connectivity index (χ0v) is 13.3. The summed E-state index contributed by atoms with van der Waals surface area (Å²) in [4.78, 5) is 0. The van der Waals surface area contributed by atoms with Gasteiger partial charge < -0.3 is 5.32 Å². The standard InChI is InChI=1S/C18H21ClFN/c1-3-5-13-6-8-14(9-7-13)18(21-4-2)15-10-11-17(20)16(19)12-15/h6-12,18,21H,3-5H2,1-2H3. The van der Waals surface area contributed by atoms with E-state index in [0.29, 0.717) is 0 Å². The minimum absolute atomic E-state index is 0.0313. The third-order valence-corrected chi connectivity index (χ3v) is 3.83. The number of nitrogens with one attached hydrogen (secondary N) is 1. The first-order valence-corrected chi connectivity index (χ1v) is 7.80. The summed E-state index contributed by atoms with van der Waals surface area (Å²) in [5, 5.41) is 3.60. The maximum atomic E-state index is 13.3. The molecule has 0 radical (unpaired) electrons. The normalized spacial score (nSPS) is 12.4. The summed E-state index contributed by atoms with van der Waals surface area (Å²) in [5.74, 6) is -0.381. The second-order valence-corrected chi connectivity index (χ2v) is 5.56. The van der Waals surface area contributed by atoms with Crippen LogP contribution < -0.4 is 5.32 Å². The number of hydrogen-bond donors (Lipinski definition) is 1. The summed E-state index contributed by atoms with van der Waals surface area (Å²) < 4.78 is 13.3. The minimum Gasteiger partial charge on any atom is -0.307 e. The summed E-state index contributed by atoms with van der Waals surface area (Å²) >= 11 is 5.91. The Kier molecular flexibility index (Phi) is 5.77. The number of benzene rings is 2. The molecule has 0 saturated heterocycles. The van der Waals surface area contributed by atoms with Gasteiger partial charge in [0.25, 0.3) is 0 Å². The second-order valence-electron chi connectivity index (χ2n) is 5.16. The lowest BCUT2D eigenvalue weighted by atomic mass is 9.97. The number of rotatable bonds is 6. The Bertz CT molecular complexity index is 580. The Balaban J connectivity index is 2.31. The van der Waals surface area contributed by atoms with E-state index in [2.05, 4.69) is 43.4 Å². The number of hydrogen-bond acceptors (Lipinski definition) is 1. The lowest BCUT2D eigenvalue weighted by Gasteiger charge is -2.19. The van der Waals surface area contributed by atoms with Crippen LogP contribution in [0.3, 0.4) is 0 Å². The number of aryl methyl sites for hydroxylation is 1. The van der Waals surface area contributed by atoms with Crippen molar-refractivity contribution in [3.63, 3.8) is 0 Å². The minimum atomic E-state index is -0.381. The molecule has 0 aromatic heterocycles. The van der Waals surface area contributed by atoms with E-state index in [1.165, 1.54) is 17.2 Å². The molecular weight excluding hydrogens is 285 g/mol. The topological polar surface area (TPSA) is 12.0 Å². The molecule has 21 heavy (non-hydrogen) atoms. The molecular formula is C18H21ClFN. The molecule has 0 amide bonds. The van der Waals surface area contributed by atoms with Crippen molar-refractivity contribution < 1.29 is 4.39 Å². The molecule has 2 aromatic rings. The molecule has 1 unspecified atom stereocenters. The van der Waals surface area contributed by atoms with Crippen molar-refractivity contribution in [2.75, 3.05) is 6.54 Å². The lowest BCUT2D eigenvalue weighted by molar-refractivity contribution is 0.614. The highest BCUT2D eigenvalue weighted by Crippen LogP contribution is 2.26. The van der Waals surface area contributed by atoms with Crippen LogP contribution in [0.5, 0.6) is 0 Å². The molecule has 0 fully saturated rings. The Morgan fingerprint density at radius 1 is 1.05 bits per heavy atom. The van der Waals surface area contributed by atoms with Gasteiger partial charge in [-0.15, -0.1) is 0 Å². The monoisotopic (exact) mass is 305 g/mol. The fraction of sp³-hybridized carbons (Fsp3) is 0.333. The van der Waals surface area contributed by atoms with Crippen molar-refractivity contribution in [2.24, 2.45) is 0 Å². The van der Waals surface area contributed by atoms with Crippen molar-refractivity contribution in [2.45, 2.75) is 32.7 Å². The van der Waals surface area contributed by atoms with Gasteiger partial charge in [0.05, 0.1) is 11.1 Å². The van der Waals surface area contributed by atoms with E-state index in [1.807, 2.05) is 0 Å². The van der Waals surface area contributed by atoms with Crippen LogP contribution in [0.15, 0.2) is 42.5 Å². The second kappa shape index (κ2) is 7.58. The summed E-state index contributed by atoms with van der Waals surface area (Å²) in [6.07, 6.45) is 2.23. The molecule has 2 rings (SSSR count). The first-order valence-electron chi connectivity index (χ1n) is 7.42. The van der Waals surface area contributed by atoms with Crippen molar-refractivity contribution >= 4 is 11.6 Å². The smallest absolute Gasteiger partial charge is 0.141 e. The molecule has 0 spiro atoms. The average Bonchev–Trinajstić information content (AvgIpc) is 2.49. The van der Waals surface area contributed by atoms with E-state index in [1.54, 1.807) is 12.1 Å². The first kappa shape index (κ1) is 16.0. The Morgan fingerprint density at radius 3 is 2.29 bits per heavy atom. The van der Waals surface area contributed by atoms with Crippen LogP contribution >= 0.6 is 11.6 Å². The van der Waals surface area contributed by atoms with Gasteiger partial charge in [-0.1, -0.05) is 62.2 Å². The summed E-state index contributed by atoms with van der Waals surface area (Å²) in [5.41, 5.74) is 3.49. The molecule has 1 atom stereocenters. The molecule has 112 valence electrons. The molecule has 1 N–H and O–H groups in total. The summed E-state index contributed by atoms with van der Waals surface area (Å²) in [6, 6.07) is 13.5. The van der Waals surface area contributed by atoms with Gasteiger partial charge in [-0.25, -0.2) is 4.39 Å². The van der Waals surface area contributed by atoms with Gasteiger partial charge in [0, 0.05) is 0 Å². The average molecular weight is 306 g/mol.